The van der Waals surface area contributed by atoms with Crippen LogP contribution >= 0.6 is 0 Å². The summed E-state index contributed by atoms with van der Waals surface area (Å²) in [6.45, 7) is 0. The van der Waals surface area contributed by atoms with Crippen molar-refractivity contribution in [1.82, 2.24) is 0 Å². The largest absolute Gasteiger partial charge is 4.00 e. The van der Waals surface area contributed by atoms with Crippen LogP contribution < -0.4 is 0 Å². The van der Waals surface area contributed by atoms with Crippen LogP contribution in [0, 0.1) is 0 Å². The summed E-state index contributed by atoms with van der Waals surface area (Å²) in [5, 5.41) is 0. The fraction of sp³-hybridized carbons (Fsp3) is 0. The fourth-order valence-electron chi connectivity index (χ4n) is 0. The molecule has 0 aromatic carbocycles. The summed E-state index contributed by atoms with van der Waals surface area (Å²) >= 11 is 0. The van der Waals surface area contributed by atoms with Gasteiger partial charge in [-0.2, -0.15) is 0 Å². The molecule has 7 heteroatoms. The van der Waals surface area contributed by atoms with Crippen molar-refractivity contribution in [1.29, 1.82) is 0 Å². The van der Waals surface area contributed by atoms with E-state index in [0.717, 1.165) is 0 Å². The molecule has 0 heterocycles. The minimum atomic E-state index is 0. The second kappa shape index (κ2) is 83.3. The minimum Gasteiger partial charge on any atom is -3.00 e. The van der Waals surface area contributed by atoms with Gasteiger partial charge in [-0.15, -0.1) is 0 Å². The van der Waals surface area contributed by atoms with E-state index in [1.54, 1.807) is 0 Å². The Bertz CT molecular complexity index is 11.7. The van der Waals surface area contributed by atoms with Crippen molar-refractivity contribution in [2.45, 2.75) is 0 Å². The third-order valence-corrected chi connectivity index (χ3v) is 0. The molecular weight excluding hydrogens is 374 g/mol. The number of rotatable bonds is 0. The Balaban J connectivity index is 0. The minimum absolute atomic E-state index is 0. The van der Waals surface area contributed by atoms with E-state index in [1.165, 1.54) is 0 Å². The molecule has 0 atom stereocenters. The van der Waals surface area contributed by atoms with Gasteiger partial charge in [0, 0.05) is 0 Å². The Morgan fingerprint density at radius 2 is 0.571 bits per heavy atom. The predicted molar refractivity (Wildman–Crippen MR) is 13.4 cm³/mol. The van der Waals surface area contributed by atoms with Crippen LogP contribution in [0.4, 0.5) is 0 Å². The maximum absolute atomic E-state index is 0. The molecule has 0 aromatic heterocycles. The van der Waals surface area contributed by atoms with E-state index < -0.39 is 0 Å². The van der Waals surface area contributed by atoms with Crippen LogP contribution in [0.1, 0.15) is 0 Å². The van der Waals surface area contributed by atoms with Crippen LogP contribution in [0.25, 0.3) is 24.6 Å². The van der Waals surface area contributed by atoms with E-state index in [-0.39, 0.29) is 98.4 Å². The Kier molecular flexibility index (Phi) is 1440. The second-order valence-electron chi connectivity index (χ2n) is 0. The maximum Gasteiger partial charge on any atom is 4.00 e. The topological polar surface area (TPSA) is 122 Å². The number of nitrogens with zero attached hydrogens (tertiary/aromatic N) is 4. The Morgan fingerprint density at radius 3 is 0.571 bits per heavy atom. The van der Waals surface area contributed by atoms with Crippen LogP contribution in [0.15, 0.2) is 0 Å². The van der Waals surface area contributed by atoms with Gasteiger partial charge in [-0.1, -0.05) is 0 Å². The summed E-state index contributed by atoms with van der Waals surface area (Å²) in [5.74, 6) is 0. The smallest absolute Gasteiger partial charge is 3.00 e. The fourth-order valence-corrected chi connectivity index (χ4v) is 0. The third-order valence-electron chi connectivity index (χ3n) is 0. The van der Waals surface area contributed by atoms with E-state index in [2.05, 4.69) is 0 Å². The first kappa shape index (κ1) is 121. The number of hydrogen-bond donors (Lipinski definition) is 0. The van der Waals surface area contributed by atoms with E-state index in [1.807, 2.05) is 0 Å². The van der Waals surface area contributed by atoms with Crippen LogP contribution in [0.3, 0.4) is 0 Å². The van der Waals surface area contributed by atoms with Crippen LogP contribution in [-0.2, 0) is 73.8 Å². The molecule has 0 unspecified atom stereocenters. The zero-order valence-electron chi connectivity index (χ0n) is 3.29. The van der Waals surface area contributed by atoms with Gasteiger partial charge in [0.05, 0.1) is 0 Å². The first-order valence-electron chi connectivity index (χ1n) is 0. The van der Waals surface area contributed by atoms with Crippen molar-refractivity contribution < 1.29 is 73.8 Å². The molecule has 4 nitrogen and oxygen atoms in total. The summed E-state index contributed by atoms with van der Waals surface area (Å²) < 4.78 is 0. The van der Waals surface area contributed by atoms with Gasteiger partial charge in [-0.05, 0) is 0 Å². The van der Waals surface area contributed by atoms with Crippen LogP contribution in [0.2, 0.25) is 0 Å². The molecule has 0 aliphatic heterocycles. The van der Waals surface area contributed by atoms with Crippen molar-refractivity contribution in [2.24, 2.45) is 0 Å². The van der Waals surface area contributed by atoms with Gasteiger partial charge < -0.3 is 24.6 Å². The quantitative estimate of drug-likeness (QED) is 0.565. The van der Waals surface area contributed by atoms with Gasteiger partial charge in [0.1, 0.15) is 0 Å². The molecule has 7 heavy (non-hydrogen) atoms. The van der Waals surface area contributed by atoms with E-state index in [9.17, 15) is 0 Å². The van der Waals surface area contributed by atoms with Gasteiger partial charge >= 0.3 is 73.8 Å². The SMILES string of the molecule is [Hf+4].[N-3].[N-3].[N-3].[N-3].[Ti+4].[Zr+4]. The molecule has 0 spiro atoms. The summed E-state index contributed by atoms with van der Waals surface area (Å²) in [5.41, 5.74) is 0. The van der Waals surface area contributed by atoms with Crippen molar-refractivity contribution in [2.75, 3.05) is 0 Å². The summed E-state index contributed by atoms with van der Waals surface area (Å²) in [6, 6.07) is 0. The Morgan fingerprint density at radius 1 is 0.571 bits per heavy atom. The average molecular weight is 374 g/mol. The molecule has 32 valence electrons. The maximum atomic E-state index is 0. The number of hydrogen-bond acceptors (Lipinski definition) is 0. The van der Waals surface area contributed by atoms with Gasteiger partial charge in [-0.25, -0.2) is 0 Å². The van der Waals surface area contributed by atoms with E-state index >= 15 is 0 Å². The summed E-state index contributed by atoms with van der Waals surface area (Å²) in [4.78, 5) is 0. The van der Waals surface area contributed by atoms with Gasteiger partial charge in [-0.3, -0.25) is 0 Å². The molecule has 0 rings (SSSR count). The van der Waals surface area contributed by atoms with Crippen molar-refractivity contribution in [3.05, 3.63) is 24.6 Å². The standard InChI is InChI=1S/Hf.4N.Ti.Zr/q+4;4*-3;2*+4. The molecule has 0 bridgehead atoms. The van der Waals surface area contributed by atoms with Gasteiger partial charge in [0.2, 0.25) is 0 Å². The van der Waals surface area contributed by atoms with Crippen molar-refractivity contribution >= 4 is 0 Å². The molecular formula is HfN4TiZr. The van der Waals surface area contributed by atoms with Crippen LogP contribution in [0.5, 0.6) is 0 Å². The normalized spacial score (nSPS) is 0. The monoisotopic (exact) mass is 374 g/mol. The van der Waals surface area contributed by atoms with Crippen molar-refractivity contribution in [3.63, 3.8) is 0 Å². The molecule has 0 aliphatic carbocycles. The molecule has 0 aromatic rings. The molecule has 0 saturated carbocycles. The zero-order valence-corrected chi connectivity index (χ0v) is 10.9. The average Bonchev–Trinajstić information content (AvgIpc) is 0. The molecule has 0 amide bonds. The Labute approximate surface area is 97.1 Å². The first-order chi connectivity index (χ1) is 0. The molecule has 0 radical (unpaired) electrons. The first-order valence-corrected chi connectivity index (χ1v) is 0. The molecule has 0 saturated heterocycles. The van der Waals surface area contributed by atoms with Crippen molar-refractivity contribution in [3.8, 4) is 0 Å². The molecule has 0 aliphatic rings. The zero-order chi connectivity index (χ0) is 0. The van der Waals surface area contributed by atoms with E-state index in [0.29, 0.717) is 0 Å². The second-order valence-corrected chi connectivity index (χ2v) is 0. The van der Waals surface area contributed by atoms with Gasteiger partial charge in [0.25, 0.3) is 0 Å². The molecule has 0 N–H and O–H groups in total. The van der Waals surface area contributed by atoms with Gasteiger partial charge in [0.15, 0.2) is 0 Å². The summed E-state index contributed by atoms with van der Waals surface area (Å²) in [7, 11) is 0. The third kappa shape index (κ3) is 62.1. The Hall–Kier alpha value is 2.31. The van der Waals surface area contributed by atoms with Crippen LogP contribution in [-0.4, -0.2) is 0 Å². The summed E-state index contributed by atoms with van der Waals surface area (Å²) in [6.07, 6.45) is 0. The van der Waals surface area contributed by atoms with E-state index in [4.69, 9.17) is 0 Å². The molecule has 0 fully saturated rings. The predicted octanol–water partition coefficient (Wildman–Crippen LogP) is 1.15.